The lowest BCUT2D eigenvalue weighted by Gasteiger charge is -1.99. The fraction of sp³-hybridized carbons (Fsp3) is 0.714. The first kappa shape index (κ1) is 9.38. The summed E-state index contributed by atoms with van der Waals surface area (Å²) < 4.78 is 1.57. The number of thioether (sulfide) groups is 1. The second-order valence-electron chi connectivity index (χ2n) is 2.47. The fourth-order valence-corrected chi connectivity index (χ4v) is 1.57. The van der Waals surface area contributed by atoms with E-state index >= 15 is 0 Å². The van der Waals surface area contributed by atoms with Crippen LogP contribution in [-0.2, 0) is 6.42 Å². The lowest BCUT2D eigenvalue weighted by molar-refractivity contribution is 0.795. The molecule has 0 aliphatic carbocycles. The van der Waals surface area contributed by atoms with Gasteiger partial charge in [-0.1, -0.05) is 25.6 Å². The van der Waals surface area contributed by atoms with Crippen molar-refractivity contribution in [2.75, 3.05) is 11.6 Å². The van der Waals surface area contributed by atoms with E-state index in [9.17, 15) is 0 Å². The maximum Gasteiger partial charge on any atom is 0.209 e. The molecule has 0 bridgehead atoms. The smallest absolute Gasteiger partial charge is 0.209 e. The molecule has 0 aliphatic heterocycles. The van der Waals surface area contributed by atoms with Gasteiger partial charge in [0, 0.05) is 12.2 Å². The summed E-state index contributed by atoms with van der Waals surface area (Å²) in [6.45, 7) is 4.15. The van der Waals surface area contributed by atoms with E-state index in [4.69, 9.17) is 5.84 Å². The van der Waals surface area contributed by atoms with Crippen molar-refractivity contribution in [2.24, 2.45) is 0 Å². The van der Waals surface area contributed by atoms with Gasteiger partial charge < -0.3 is 5.84 Å². The third-order valence-corrected chi connectivity index (χ3v) is 2.64. The first-order valence-electron chi connectivity index (χ1n) is 4.11. The van der Waals surface area contributed by atoms with Crippen molar-refractivity contribution in [2.45, 2.75) is 31.8 Å². The molecule has 12 heavy (non-hydrogen) atoms. The Morgan fingerprint density at radius 3 is 2.67 bits per heavy atom. The molecule has 0 unspecified atom stereocenters. The van der Waals surface area contributed by atoms with Crippen LogP contribution in [0.5, 0.6) is 0 Å². The SMILES string of the molecule is CCCSc1nnc(CC)n1N. The Hall–Kier alpha value is -0.710. The van der Waals surface area contributed by atoms with Crippen LogP contribution in [0, 0.1) is 0 Å². The molecule has 2 N–H and O–H groups in total. The summed E-state index contributed by atoms with van der Waals surface area (Å²) in [6, 6.07) is 0. The zero-order chi connectivity index (χ0) is 8.97. The average molecular weight is 186 g/mol. The van der Waals surface area contributed by atoms with Gasteiger partial charge in [-0.2, -0.15) is 0 Å². The number of hydrogen-bond donors (Lipinski definition) is 1. The standard InChI is InChI=1S/C7H14N4S/c1-3-5-12-7-10-9-6(4-2)11(7)8/h3-5,8H2,1-2H3. The van der Waals surface area contributed by atoms with Gasteiger partial charge in [0.15, 0.2) is 5.82 Å². The molecular weight excluding hydrogens is 172 g/mol. The van der Waals surface area contributed by atoms with E-state index in [2.05, 4.69) is 17.1 Å². The van der Waals surface area contributed by atoms with Crippen LogP contribution in [0.25, 0.3) is 0 Å². The minimum absolute atomic E-state index is 0.814. The third-order valence-electron chi connectivity index (χ3n) is 1.49. The molecule has 1 aromatic rings. The van der Waals surface area contributed by atoms with Crippen LogP contribution in [-0.4, -0.2) is 20.6 Å². The molecule has 0 saturated carbocycles. The normalized spacial score (nSPS) is 10.5. The Morgan fingerprint density at radius 1 is 1.42 bits per heavy atom. The number of aryl methyl sites for hydroxylation is 1. The van der Waals surface area contributed by atoms with Crippen LogP contribution in [0.4, 0.5) is 0 Å². The van der Waals surface area contributed by atoms with Gasteiger partial charge in [-0.05, 0) is 6.42 Å². The van der Waals surface area contributed by atoms with E-state index in [-0.39, 0.29) is 0 Å². The van der Waals surface area contributed by atoms with Crippen molar-refractivity contribution in [1.29, 1.82) is 0 Å². The van der Waals surface area contributed by atoms with E-state index in [1.165, 1.54) is 0 Å². The summed E-state index contributed by atoms with van der Waals surface area (Å²) >= 11 is 1.65. The maximum absolute atomic E-state index is 5.73. The molecule has 0 aliphatic rings. The molecule has 1 rings (SSSR count). The summed E-state index contributed by atoms with van der Waals surface area (Å²) in [5.74, 6) is 7.61. The predicted octanol–water partition coefficient (Wildman–Crippen LogP) is 1.06. The monoisotopic (exact) mass is 186 g/mol. The highest BCUT2D eigenvalue weighted by Crippen LogP contribution is 2.14. The van der Waals surface area contributed by atoms with Crippen molar-refractivity contribution in [3.05, 3.63) is 5.82 Å². The Morgan fingerprint density at radius 2 is 2.17 bits per heavy atom. The number of nitrogens with zero attached hydrogens (tertiary/aromatic N) is 3. The number of nitrogens with two attached hydrogens (primary N) is 1. The number of aromatic nitrogens is 3. The van der Waals surface area contributed by atoms with Gasteiger partial charge in [-0.25, -0.2) is 4.68 Å². The van der Waals surface area contributed by atoms with Crippen LogP contribution in [0.1, 0.15) is 26.1 Å². The highest BCUT2D eigenvalue weighted by molar-refractivity contribution is 7.99. The van der Waals surface area contributed by atoms with Gasteiger partial charge in [-0.15, -0.1) is 10.2 Å². The maximum atomic E-state index is 5.73. The second-order valence-corrected chi connectivity index (χ2v) is 3.53. The Bertz CT molecular complexity index is 246. The van der Waals surface area contributed by atoms with Crippen molar-refractivity contribution in [3.63, 3.8) is 0 Å². The van der Waals surface area contributed by atoms with Gasteiger partial charge in [0.05, 0.1) is 0 Å². The zero-order valence-electron chi connectivity index (χ0n) is 7.45. The highest BCUT2D eigenvalue weighted by Gasteiger charge is 2.06. The first-order valence-corrected chi connectivity index (χ1v) is 5.10. The molecule has 1 heterocycles. The zero-order valence-corrected chi connectivity index (χ0v) is 8.27. The molecule has 0 aromatic carbocycles. The van der Waals surface area contributed by atoms with Crippen LogP contribution < -0.4 is 5.84 Å². The average Bonchev–Trinajstić information content (AvgIpc) is 2.43. The molecule has 0 saturated heterocycles. The second kappa shape index (κ2) is 4.35. The molecular formula is C7H14N4S. The van der Waals surface area contributed by atoms with Crippen molar-refractivity contribution >= 4 is 11.8 Å². The molecule has 1 aromatic heterocycles. The van der Waals surface area contributed by atoms with Crippen LogP contribution in [0.15, 0.2) is 5.16 Å². The summed E-state index contributed by atoms with van der Waals surface area (Å²) in [7, 11) is 0. The van der Waals surface area contributed by atoms with Crippen molar-refractivity contribution in [1.82, 2.24) is 14.9 Å². The molecule has 5 heteroatoms. The Balaban J connectivity index is 2.66. The molecule has 4 nitrogen and oxygen atoms in total. The van der Waals surface area contributed by atoms with E-state index in [0.717, 1.165) is 29.6 Å². The van der Waals surface area contributed by atoms with Gasteiger partial charge in [-0.3, -0.25) is 0 Å². The highest BCUT2D eigenvalue weighted by atomic mass is 32.2. The van der Waals surface area contributed by atoms with Gasteiger partial charge in [0.2, 0.25) is 5.16 Å². The minimum atomic E-state index is 0.814. The Kier molecular flexibility index (Phi) is 3.40. The molecule has 68 valence electrons. The predicted molar refractivity (Wildman–Crippen MR) is 50.6 cm³/mol. The van der Waals surface area contributed by atoms with E-state index < -0.39 is 0 Å². The van der Waals surface area contributed by atoms with Gasteiger partial charge in [0.1, 0.15) is 0 Å². The molecule has 0 fully saturated rings. The van der Waals surface area contributed by atoms with Crippen LogP contribution in [0.3, 0.4) is 0 Å². The summed E-state index contributed by atoms with van der Waals surface area (Å²) in [5.41, 5.74) is 0. The minimum Gasteiger partial charge on any atom is -0.336 e. The molecule has 0 spiro atoms. The largest absolute Gasteiger partial charge is 0.336 e. The third kappa shape index (κ3) is 1.91. The van der Waals surface area contributed by atoms with E-state index in [1.54, 1.807) is 16.4 Å². The van der Waals surface area contributed by atoms with E-state index in [0.29, 0.717) is 0 Å². The quantitative estimate of drug-likeness (QED) is 0.564. The summed E-state index contributed by atoms with van der Waals surface area (Å²) in [6.07, 6.45) is 1.95. The molecule has 0 atom stereocenters. The van der Waals surface area contributed by atoms with Crippen molar-refractivity contribution < 1.29 is 0 Å². The summed E-state index contributed by atoms with van der Waals surface area (Å²) in [5, 5.41) is 8.74. The van der Waals surface area contributed by atoms with Crippen LogP contribution >= 0.6 is 11.8 Å². The number of hydrogen-bond acceptors (Lipinski definition) is 4. The molecule has 0 radical (unpaired) electrons. The lowest BCUT2D eigenvalue weighted by atomic mass is 10.5. The van der Waals surface area contributed by atoms with Gasteiger partial charge >= 0.3 is 0 Å². The number of rotatable bonds is 4. The van der Waals surface area contributed by atoms with Crippen LogP contribution in [0.2, 0.25) is 0 Å². The number of nitrogen functional groups attached to an aromatic ring is 1. The van der Waals surface area contributed by atoms with Gasteiger partial charge in [0.25, 0.3) is 0 Å². The lowest BCUT2D eigenvalue weighted by Crippen LogP contribution is -2.13. The fourth-order valence-electron chi connectivity index (χ4n) is 0.840. The van der Waals surface area contributed by atoms with E-state index in [1.807, 2.05) is 6.92 Å². The first-order chi connectivity index (χ1) is 5.79. The molecule has 0 amide bonds. The topological polar surface area (TPSA) is 56.7 Å². The Labute approximate surface area is 76.5 Å². The summed E-state index contributed by atoms with van der Waals surface area (Å²) in [4.78, 5) is 0. The van der Waals surface area contributed by atoms with Crippen molar-refractivity contribution in [3.8, 4) is 0 Å².